The molecule has 198 valence electrons. The molecule has 1 amide bonds. The van der Waals surface area contributed by atoms with Crippen molar-refractivity contribution in [1.82, 2.24) is 14.8 Å². The predicted molar refractivity (Wildman–Crippen MR) is 122 cm³/mol. The third kappa shape index (κ3) is 6.68. The second-order valence-electron chi connectivity index (χ2n) is 10.1. The summed E-state index contributed by atoms with van der Waals surface area (Å²) in [6.45, 7) is 9.95. The maximum Gasteiger partial charge on any atom is 0.417 e. The highest BCUT2D eigenvalue weighted by molar-refractivity contribution is 5.69. The van der Waals surface area contributed by atoms with Gasteiger partial charge in [0.15, 0.2) is 0 Å². The Labute approximate surface area is 206 Å². The Balaban J connectivity index is 1.89. The van der Waals surface area contributed by atoms with Crippen molar-refractivity contribution in [3.05, 3.63) is 53.3 Å². The molecule has 1 fully saturated rings. The zero-order valence-electron chi connectivity index (χ0n) is 20.7. The van der Waals surface area contributed by atoms with Crippen LogP contribution in [0.15, 0.2) is 36.5 Å². The topological polar surface area (TPSA) is 45.7 Å². The van der Waals surface area contributed by atoms with Crippen LogP contribution in [0.1, 0.15) is 51.4 Å². The summed E-state index contributed by atoms with van der Waals surface area (Å²) in [5.74, 6) is 0. The van der Waals surface area contributed by atoms with Gasteiger partial charge in [-0.25, -0.2) is 4.79 Å². The van der Waals surface area contributed by atoms with Gasteiger partial charge in [0.05, 0.1) is 16.8 Å². The molecule has 11 heteroatoms. The first kappa shape index (κ1) is 27.8. The lowest BCUT2D eigenvalue weighted by atomic mass is 9.99. The molecular formula is C25H29F6N3O2. The Morgan fingerprint density at radius 3 is 2.06 bits per heavy atom. The smallest absolute Gasteiger partial charge is 0.417 e. The predicted octanol–water partition coefficient (Wildman–Crippen LogP) is 6.62. The Kier molecular flexibility index (Phi) is 7.64. The molecule has 2 heterocycles. The summed E-state index contributed by atoms with van der Waals surface area (Å²) in [4.78, 5) is 20.2. The minimum atomic E-state index is -4.66. The monoisotopic (exact) mass is 517 g/mol. The molecule has 2 atom stereocenters. The number of carbonyl (C=O) groups is 1. The van der Waals surface area contributed by atoms with Gasteiger partial charge in [0.1, 0.15) is 5.60 Å². The average Bonchev–Trinajstić information content (AvgIpc) is 2.73. The summed E-state index contributed by atoms with van der Waals surface area (Å²) in [5, 5.41) is 0. The number of rotatable bonds is 3. The lowest BCUT2D eigenvalue weighted by molar-refractivity contribution is -0.138. The van der Waals surface area contributed by atoms with Gasteiger partial charge < -0.3 is 9.64 Å². The first-order chi connectivity index (χ1) is 16.5. The molecule has 0 saturated carbocycles. The molecule has 0 bridgehead atoms. The average molecular weight is 518 g/mol. The number of pyridine rings is 1. The first-order valence-electron chi connectivity index (χ1n) is 11.4. The zero-order chi connectivity index (χ0) is 27.1. The van der Waals surface area contributed by atoms with Crippen LogP contribution in [0.4, 0.5) is 31.1 Å². The van der Waals surface area contributed by atoms with Crippen LogP contribution in [0, 0.1) is 0 Å². The molecule has 2 aromatic rings. The molecule has 0 N–H and O–H groups in total. The molecule has 1 aromatic heterocycles. The van der Waals surface area contributed by atoms with Gasteiger partial charge in [0.25, 0.3) is 0 Å². The quantitative estimate of drug-likeness (QED) is 0.430. The molecule has 3 rings (SSSR count). The Bertz CT molecular complexity index is 1080. The fraction of sp³-hybridized carbons (Fsp3) is 0.520. The summed E-state index contributed by atoms with van der Waals surface area (Å²) in [6.07, 6.45) is -8.94. The molecular weight excluding hydrogens is 488 g/mol. The fourth-order valence-electron chi connectivity index (χ4n) is 4.05. The molecule has 0 radical (unpaired) electrons. The molecule has 1 aliphatic rings. The van der Waals surface area contributed by atoms with Gasteiger partial charge >= 0.3 is 18.4 Å². The van der Waals surface area contributed by atoms with E-state index in [4.69, 9.17) is 4.74 Å². The van der Waals surface area contributed by atoms with Crippen molar-refractivity contribution in [1.29, 1.82) is 0 Å². The first-order valence-corrected chi connectivity index (χ1v) is 11.4. The summed E-state index contributed by atoms with van der Waals surface area (Å²) in [7, 11) is 0. The number of aromatic nitrogens is 1. The van der Waals surface area contributed by atoms with Gasteiger partial charge in [-0.3, -0.25) is 9.88 Å². The second-order valence-corrected chi connectivity index (χ2v) is 10.1. The number of nitrogens with zero attached hydrogens (tertiary/aromatic N) is 3. The summed E-state index contributed by atoms with van der Waals surface area (Å²) in [6, 6.07) is 4.48. The molecule has 5 nitrogen and oxygen atoms in total. The number of amides is 1. The molecule has 36 heavy (non-hydrogen) atoms. The number of carbonyl (C=O) groups excluding carboxylic acids is 1. The Morgan fingerprint density at radius 2 is 1.53 bits per heavy atom. The van der Waals surface area contributed by atoms with E-state index in [1.807, 2.05) is 18.7 Å². The van der Waals surface area contributed by atoms with Crippen LogP contribution in [0.5, 0.6) is 0 Å². The van der Waals surface area contributed by atoms with Crippen LogP contribution >= 0.6 is 0 Å². The van der Waals surface area contributed by atoms with E-state index in [9.17, 15) is 31.1 Å². The Hall–Kier alpha value is -2.82. The minimum absolute atomic E-state index is 0.105. The normalized spacial score (nSPS) is 19.9. The maximum absolute atomic E-state index is 13.4. The highest BCUT2D eigenvalue weighted by Gasteiger charge is 2.36. The molecule has 0 spiro atoms. The highest BCUT2D eigenvalue weighted by atomic mass is 19.4. The van der Waals surface area contributed by atoms with E-state index in [2.05, 4.69) is 4.98 Å². The van der Waals surface area contributed by atoms with Gasteiger partial charge in [0, 0.05) is 43.5 Å². The van der Waals surface area contributed by atoms with Crippen LogP contribution in [0.2, 0.25) is 0 Å². The number of hydrogen-bond donors (Lipinski definition) is 0. The number of alkyl halides is 6. The van der Waals surface area contributed by atoms with E-state index in [-0.39, 0.29) is 29.8 Å². The van der Waals surface area contributed by atoms with Crippen molar-refractivity contribution in [3.8, 4) is 11.1 Å². The van der Waals surface area contributed by atoms with Gasteiger partial charge in [0.2, 0.25) is 0 Å². The van der Waals surface area contributed by atoms with Gasteiger partial charge in [-0.1, -0.05) is 12.1 Å². The minimum Gasteiger partial charge on any atom is -0.444 e. The Morgan fingerprint density at radius 1 is 0.944 bits per heavy atom. The summed E-state index contributed by atoms with van der Waals surface area (Å²) in [5.41, 5.74) is -1.94. The number of halogens is 6. The maximum atomic E-state index is 13.4. The van der Waals surface area contributed by atoms with Crippen molar-refractivity contribution < 1.29 is 35.9 Å². The SMILES string of the molecule is CC1CN(C(=O)OC(C)(C)C)C(C)CN1Cc1ncc(C(F)(F)F)cc1-c1ccc(C(F)(F)F)cc1. The van der Waals surface area contributed by atoms with E-state index in [1.165, 1.54) is 0 Å². The molecule has 2 unspecified atom stereocenters. The van der Waals surface area contributed by atoms with Gasteiger partial charge in [-0.15, -0.1) is 0 Å². The van der Waals surface area contributed by atoms with Crippen molar-refractivity contribution in [2.24, 2.45) is 0 Å². The lowest BCUT2D eigenvalue weighted by Gasteiger charge is -2.44. The lowest BCUT2D eigenvalue weighted by Crippen LogP contribution is -2.58. The van der Waals surface area contributed by atoms with E-state index in [1.54, 1.807) is 25.7 Å². The van der Waals surface area contributed by atoms with Crippen LogP contribution < -0.4 is 0 Å². The third-order valence-electron chi connectivity index (χ3n) is 5.92. The van der Waals surface area contributed by atoms with Crippen molar-refractivity contribution in [3.63, 3.8) is 0 Å². The molecule has 1 aliphatic heterocycles. The van der Waals surface area contributed by atoms with E-state index in [0.717, 1.165) is 36.5 Å². The van der Waals surface area contributed by atoms with Gasteiger partial charge in [-0.2, -0.15) is 26.3 Å². The molecule has 0 aliphatic carbocycles. The van der Waals surface area contributed by atoms with Crippen molar-refractivity contribution in [2.45, 2.75) is 71.2 Å². The van der Waals surface area contributed by atoms with Gasteiger partial charge in [-0.05, 0) is 58.4 Å². The van der Waals surface area contributed by atoms with Crippen LogP contribution in [-0.4, -0.2) is 51.7 Å². The van der Waals surface area contributed by atoms with E-state index in [0.29, 0.717) is 18.8 Å². The number of benzene rings is 1. The fourth-order valence-corrected chi connectivity index (χ4v) is 4.05. The summed E-state index contributed by atoms with van der Waals surface area (Å²) >= 11 is 0. The number of piperazine rings is 1. The third-order valence-corrected chi connectivity index (χ3v) is 5.92. The van der Waals surface area contributed by atoms with Crippen LogP contribution in [0.25, 0.3) is 11.1 Å². The number of hydrogen-bond acceptors (Lipinski definition) is 4. The van der Waals surface area contributed by atoms with E-state index < -0.39 is 35.2 Å². The van der Waals surface area contributed by atoms with Crippen LogP contribution in [0.3, 0.4) is 0 Å². The molecule has 1 aromatic carbocycles. The van der Waals surface area contributed by atoms with Crippen molar-refractivity contribution >= 4 is 6.09 Å². The molecule has 1 saturated heterocycles. The summed E-state index contributed by atoms with van der Waals surface area (Å²) < 4.78 is 84.6. The standard InChI is InChI=1S/C25H29F6N3O2/c1-15-13-34(22(35)36-23(3,4)5)16(2)12-33(15)14-21-20(10-19(11-32-21)25(29,30)31)17-6-8-18(9-7-17)24(26,27)28/h6-11,15-16H,12-14H2,1-5H3. The second kappa shape index (κ2) is 9.91. The largest absolute Gasteiger partial charge is 0.444 e. The highest BCUT2D eigenvalue weighted by Crippen LogP contribution is 2.36. The van der Waals surface area contributed by atoms with E-state index >= 15 is 0 Å². The zero-order valence-corrected chi connectivity index (χ0v) is 20.7. The van der Waals surface area contributed by atoms with Crippen LogP contribution in [-0.2, 0) is 23.6 Å². The van der Waals surface area contributed by atoms with Crippen molar-refractivity contribution in [2.75, 3.05) is 13.1 Å². The number of ether oxygens (including phenoxy) is 1.